The first-order valence-corrected chi connectivity index (χ1v) is 8.62. The van der Waals surface area contributed by atoms with Gasteiger partial charge in [0.25, 0.3) is 5.91 Å². The molecular formula is C17H16IN5O2. The maximum atomic E-state index is 12.6. The van der Waals surface area contributed by atoms with E-state index in [1.54, 1.807) is 19.3 Å². The Morgan fingerprint density at radius 3 is 2.84 bits per heavy atom. The minimum absolute atomic E-state index is 0.102. The Morgan fingerprint density at radius 2 is 2.08 bits per heavy atom. The molecule has 0 aliphatic heterocycles. The summed E-state index contributed by atoms with van der Waals surface area (Å²) in [5, 5.41) is 9.39. The summed E-state index contributed by atoms with van der Waals surface area (Å²) in [6, 6.07) is 11.5. The molecule has 0 radical (unpaired) electrons. The third kappa shape index (κ3) is 4.08. The van der Waals surface area contributed by atoms with Gasteiger partial charge >= 0.3 is 0 Å². The highest BCUT2D eigenvalue weighted by molar-refractivity contribution is 14.1. The average molecular weight is 449 g/mol. The van der Waals surface area contributed by atoms with Crippen molar-refractivity contribution in [1.82, 2.24) is 19.7 Å². The number of hydrogen-bond donors (Lipinski definition) is 2. The Morgan fingerprint density at radius 1 is 1.24 bits per heavy atom. The van der Waals surface area contributed by atoms with Crippen molar-refractivity contribution in [3.05, 3.63) is 64.3 Å². The molecule has 2 N–H and O–H groups in total. The van der Waals surface area contributed by atoms with E-state index in [9.17, 15) is 9.59 Å². The number of carbonyl (C=O) groups excluding carboxylic acids is 2. The molecule has 128 valence electrons. The first-order valence-electron chi connectivity index (χ1n) is 7.54. The molecule has 0 bridgehead atoms. The standard InChI is InChI=1S/C17H16IN5O2/c1-19-16(24)11-22-10-13(9-20-22)21-17(25)15-6-3-7-23(15)14-5-2-4-12(18)8-14/h2-10H,11H2,1H3,(H,19,24)(H,21,25). The number of nitrogens with one attached hydrogen (secondary N) is 2. The van der Waals surface area contributed by atoms with Crippen LogP contribution >= 0.6 is 22.6 Å². The molecule has 7 nitrogen and oxygen atoms in total. The molecule has 0 aliphatic carbocycles. The lowest BCUT2D eigenvalue weighted by Crippen LogP contribution is -2.23. The number of benzene rings is 1. The van der Waals surface area contributed by atoms with E-state index >= 15 is 0 Å². The van der Waals surface area contributed by atoms with Gasteiger partial charge in [0, 0.05) is 28.7 Å². The summed E-state index contributed by atoms with van der Waals surface area (Å²) in [5.41, 5.74) is 1.96. The lowest BCUT2D eigenvalue weighted by molar-refractivity contribution is -0.121. The number of amides is 2. The minimum atomic E-state index is -0.247. The van der Waals surface area contributed by atoms with Crippen LogP contribution in [0.5, 0.6) is 0 Å². The first kappa shape index (κ1) is 17.2. The molecule has 25 heavy (non-hydrogen) atoms. The van der Waals surface area contributed by atoms with Crippen LogP contribution < -0.4 is 10.6 Å². The van der Waals surface area contributed by atoms with E-state index in [0.717, 1.165) is 9.26 Å². The Balaban J connectivity index is 1.77. The van der Waals surface area contributed by atoms with Crippen molar-refractivity contribution >= 4 is 40.1 Å². The Kier molecular flexibility index (Phi) is 5.17. The molecule has 2 amide bonds. The Hall–Kier alpha value is -2.62. The van der Waals surface area contributed by atoms with Gasteiger partial charge in [-0.05, 0) is 52.9 Å². The molecule has 0 aliphatic rings. The third-order valence-electron chi connectivity index (χ3n) is 3.54. The van der Waals surface area contributed by atoms with Crippen LogP contribution in [-0.2, 0) is 11.3 Å². The Labute approximate surface area is 158 Å². The number of nitrogens with zero attached hydrogens (tertiary/aromatic N) is 3. The van der Waals surface area contributed by atoms with Crippen LogP contribution in [0.3, 0.4) is 0 Å². The highest BCUT2D eigenvalue weighted by Crippen LogP contribution is 2.17. The zero-order valence-electron chi connectivity index (χ0n) is 13.4. The first-order chi connectivity index (χ1) is 12.1. The molecular weight excluding hydrogens is 433 g/mol. The van der Waals surface area contributed by atoms with Crippen molar-refractivity contribution in [3.63, 3.8) is 0 Å². The van der Waals surface area contributed by atoms with Crippen LogP contribution in [0.15, 0.2) is 55.0 Å². The summed E-state index contributed by atoms with van der Waals surface area (Å²) in [6.07, 6.45) is 4.97. The van der Waals surface area contributed by atoms with Gasteiger partial charge in [-0.25, -0.2) is 0 Å². The van der Waals surface area contributed by atoms with Gasteiger partial charge in [-0.2, -0.15) is 5.10 Å². The van der Waals surface area contributed by atoms with Crippen LogP contribution in [0.1, 0.15) is 10.5 Å². The summed E-state index contributed by atoms with van der Waals surface area (Å²) in [5.74, 6) is -0.406. The fraction of sp³-hybridized carbons (Fsp3) is 0.118. The molecule has 3 aromatic rings. The topological polar surface area (TPSA) is 81.0 Å². The summed E-state index contributed by atoms with van der Waals surface area (Å²) in [6.45, 7) is 0.102. The fourth-order valence-corrected chi connectivity index (χ4v) is 2.88. The number of hydrogen-bond acceptors (Lipinski definition) is 3. The normalized spacial score (nSPS) is 10.5. The van der Waals surface area contributed by atoms with Gasteiger partial charge in [0.1, 0.15) is 12.2 Å². The molecule has 2 heterocycles. The van der Waals surface area contributed by atoms with Crippen molar-refractivity contribution in [2.24, 2.45) is 0 Å². The van der Waals surface area contributed by atoms with Crippen LogP contribution in [0.2, 0.25) is 0 Å². The van der Waals surface area contributed by atoms with E-state index in [1.165, 1.54) is 10.9 Å². The number of likely N-dealkylation sites (N-methyl/N-ethyl adjacent to an activating group) is 1. The van der Waals surface area contributed by atoms with Crippen molar-refractivity contribution < 1.29 is 9.59 Å². The molecule has 0 unspecified atom stereocenters. The largest absolute Gasteiger partial charge is 0.358 e. The number of halogens is 1. The zero-order chi connectivity index (χ0) is 17.8. The number of aromatic nitrogens is 3. The lowest BCUT2D eigenvalue weighted by Gasteiger charge is -2.09. The summed E-state index contributed by atoms with van der Waals surface area (Å²) in [7, 11) is 1.56. The van der Waals surface area contributed by atoms with E-state index in [0.29, 0.717) is 11.4 Å². The zero-order valence-corrected chi connectivity index (χ0v) is 15.6. The van der Waals surface area contributed by atoms with E-state index in [4.69, 9.17) is 0 Å². The number of anilines is 1. The van der Waals surface area contributed by atoms with E-state index in [-0.39, 0.29) is 18.4 Å². The molecule has 0 atom stereocenters. The lowest BCUT2D eigenvalue weighted by atomic mass is 10.3. The third-order valence-corrected chi connectivity index (χ3v) is 4.21. The van der Waals surface area contributed by atoms with Gasteiger partial charge in [-0.3, -0.25) is 14.3 Å². The van der Waals surface area contributed by atoms with Gasteiger partial charge in [-0.15, -0.1) is 0 Å². The highest BCUT2D eigenvalue weighted by atomic mass is 127. The summed E-state index contributed by atoms with van der Waals surface area (Å²) < 4.78 is 4.38. The smallest absolute Gasteiger partial charge is 0.272 e. The van der Waals surface area contributed by atoms with E-state index in [1.807, 2.05) is 41.1 Å². The molecule has 0 spiro atoms. The molecule has 3 rings (SSSR count). The van der Waals surface area contributed by atoms with Crippen LogP contribution in [0.25, 0.3) is 5.69 Å². The van der Waals surface area contributed by atoms with Crippen molar-refractivity contribution in [2.45, 2.75) is 6.54 Å². The quantitative estimate of drug-likeness (QED) is 0.587. The minimum Gasteiger partial charge on any atom is -0.358 e. The second-order valence-electron chi connectivity index (χ2n) is 5.30. The van der Waals surface area contributed by atoms with Gasteiger partial charge in [0.2, 0.25) is 5.91 Å². The number of rotatable bonds is 5. The molecule has 8 heteroatoms. The monoisotopic (exact) mass is 449 g/mol. The van der Waals surface area contributed by atoms with Crippen LogP contribution in [-0.4, -0.2) is 33.2 Å². The van der Waals surface area contributed by atoms with Crippen molar-refractivity contribution in [1.29, 1.82) is 0 Å². The fourth-order valence-electron chi connectivity index (χ4n) is 2.35. The highest BCUT2D eigenvalue weighted by Gasteiger charge is 2.13. The number of carbonyl (C=O) groups is 2. The van der Waals surface area contributed by atoms with Crippen LogP contribution in [0, 0.1) is 3.57 Å². The van der Waals surface area contributed by atoms with Gasteiger partial charge in [0.15, 0.2) is 0 Å². The van der Waals surface area contributed by atoms with E-state index in [2.05, 4.69) is 38.3 Å². The molecule has 2 aromatic heterocycles. The van der Waals surface area contributed by atoms with Crippen LogP contribution in [0.4, 0.5) is 5.69 Å². The second-order valence-corrected chi connectivity index (χ2v) is 6.54. The van der Waals surface area contributed by atoms with E-state index < -0.39 is 0 Å². The second kappa shape index (κ2) is 7.51. The summed E-state index contributed by atoms with van der Waals surface area (Å²) >= 11 is 2.24. The van der Waals surface area contributed by atoms with Gasteiger partial charge in [-0.1, -0.05) is 6.07 Å². The molecule has 1 aromatic carbocycles. The molecule has 0 saturated heterocycles. The molecule has 0 fully saturated rings. The maximum Gasteiger partial charge on any atom is 0.272 e. The van der Waals surface area contributed by atoms with Gasteiger partial charge < -0.3 is 15.2 Å². The SMILES string of the molecule is CNC(=O)Cn1cc(NC(=O)c2cccn2-c2cccc(I)c2)cn1. The predicted octanol–water partition coefficient (Wildman–Crippen LogP) is 2.28. The average Bonchev–Trinajstić information content (AvgIpc) is 3.24. The predicted molar refractivity (Wildman–Crippen MR) is 103 cm³/mol. The molecule has 0 saturated carbocycles. The van der Waals surface area contributed by atoms with Gasteiger partial charge in [0.05, 0.1) is 11.9 Å². The van der Waals surface area contributed by atoms with Crippen molar-refractivity contribution in [3.8, 4) is 5.69 Å². The maximum absolute atomic E-state index is 12.6. The van der Waals surface area contributed by atoms with Crippen molar-refractivity contribution in [2.75, 3.05) is 12.4 Å². The summed E-state index contributed by atoms with van der Waals surface area (Å²) in [4.78, 5) is 24.0. The Bertz CT molecular complexity index is 915.